The molecule has 0 aliphatic rings. The highest BCUT2D eigenvalue weighted by Gasteiger charge is 2.08. The molecule has 4 nitrogen and oxygen atoms in total. The summed E-state index contributed by atoms with van der Waals surface area (Å²) in [4.78, 5) is 22.6. The summed E-state index contributed by atoms with van der Waals surface area (Å²) in [5, 5.41) is 10.6. The smallest absolute Gasteiger partial charge is 0.303 e. The van der Waals surface area contributed by atoms with Gasteiger partial charge < -0.3 is 9.84 Å². The minimum Gasteiger partial charge on any atom is -0.490 e. The Morgan fingerprint density at radius 3 is 2.48 bits per heavy atom. The zero-order chi connectivity index (χ0) is 16.7. The molecule has 0 aliphatic heterocycles. The van der Waals surface area contributed by atoms with Gasteiger partial charge in [0.25, 0.3) is 0 Å². The summed E-state index contributed by atoms with van der Waals surface area (Å²) in [6, 6.07) is 11.3. The molecule has 2 aromatic rings. The Morgan fingerprint density at radius 2 is 1.74 bits per heavy atom. The van der Waals surface area contributed by atoms with Crippen LogP contribution in [0.5, 0.6) is 5.75 Å². The summed E-state index contributed by atoms with van der Waals surface area (Å²) in [6.45, 7) is 4.07. The average molecular weight is 312 g/mol. The van der Waals surface area contributed by atoms with E-state index >= 15 is 0 Å². The molecule has 1 N–H and O–H groups in total. The van der Waals surface area contributed by atoms with Crippen molar-refractivity contribution in [1.29, 1.82) is 0 Å². The first-order chi connectivity index (χ1) is 11.1. The number of unbranched alkanes of at least 4 members (excludes halogenated alkanes) is 1. The molecule has 23 heavy (non-hydrogen) atoms. The second-order valence-corrected chi connectivity index (χ2v) is 5.35. The van der Waals surface area contributed by atoms with Gasteiger partial charge in [-0.05, 0) is 41.8 Å². The zero-order valence-electron chi connectivity index (χ0n) is 13.0. The third-order valence-corrected chi connectivity index (χ3v) is 3.55. The van der Waals surface area contributed by atoms with E-state index in [9.17, 15) is 9.59 Å². The SMILES string of the molecule is C=CCOc1ccc2cc(C(=O)CCCCC(=O)O)ccc2c1. The van der Waals surface area contributed by atoms with Crippen LogP contribution in [0.2, 0.25) is 0 Å². The second kappa shape index (κ2) is 8.13. The molecule has 0 radical (unpaired) electrons. The molecule has 0 atom stereocenters. The largest absolute Gasteiger partial charge is 0.490 e. The fraction of sp³-hybridized carbons (Fsp3) is 0.263. The molecule has 0 heterocycles. The molecule has 2 aromatic carbocycles. The summed E-state index contributed by atoms with van der Waals surface area (Å²) in [5.41, 5.74) is 0.660. The molecule has 0 bridgehead atoms. The van der Waals surface area contributed by atoms with E-state index in [1.807, 2.05) is 30.3 Å². The predicted octanol–water partition coefficient (Wildman–Crippen LogP) is 4.23. The summed E-state index contributed by atoms with van der Waals surface area (Å²) in [5.74, 6) is -0.00736. The van der Waals surface area contributed by atoms with Crippen molar-refractivity contribution in [2.45, 2.75) is 25.7 Å². The van der Waals surface area contributed by atoms with Gasteiger partial charge in [-0.2, -0.15) is 0 Å². The first kappa shape index (κ1) is 16.7. The highest BCUT2D eigenvalue weighted by molar-refractivity contribution is 6.00. The molecule has 2 rings (SSSR count). The maximum atomic E-state index is 12.2. The standard InChI is InChI=1S/C19H20O4/c1-2-11-23-17-10-9-14-12-16(8-7-15(14)13-17)18(20)5-3-4-6-19(21)22/h2,7-10,12-13H,1,3-6,11H2,(H,21,22). The van der Waals surface area contributed by atoms with Gasteiger partial charge in [0.1, 0.15) is 12.4 Å². The Bertz CT molecular complexity index is 718. The van der Waals surface area contributed by atoms with Crippen LogP contribution in [0.25, 0.3) is 10.8 Å². The number of carbonyl (C=O) groups is 2. The molecule has 4 heteroatoms. The summed E-state index contributed by atoms with van der Waals surface area (Å²) in [7, 11) is 0. The van der Waals surface area contributed by atoms with E-state index in [4.69, 9.17) is 9.84 Å². The topological polar surface area (TPSA) is 63.6 Å². The third kappa shape index (κ3) is 4.95. The van der Waals surface area contributed by atoms with E-state index in [0.717, 1.165) is 16.5 Å². The Morgan fingerprint density at radius 1 is 1.04 bits per heavy atom. The molecule has 0 saturated heterocycles. The van der Waals surface area contributed by atoms with Crippen LogP contribution in [-0.2, 0) is 4.79 Å². The van der Waals surface area contributed by atoms with E-state index in [2.05, 4.69) is 6.58 Å². The number of fused-ring (bicyclic) bond motifs is 1. The van der Waals surface area contributed by atoms with Gasteiger partial charge in [0.2, 0.25) is 0 Å². The number of ether oxygens (including phenoxy) is 1. The molecule has 0 fully saturated rings. The van der Waals surface area contributed by atoms with Crippen LogP contribution in [0, 0.1) is 0 Å². The van der Waals surface area contributed by atoms with E-state index in [1.165, 1.54) is 0 Å². The number of carboxylic acids is 1. The van der Waals surface area contributed by atoms with E-state index in [0.29, 0.717) is 31.4 Å². The first-order valence-corrected chi connectivity index (χ1v) is 7.62. The molecule has 0 spiro atoms. The quantitative estimate of drug-likeness (QED) is 0.427. The number of ketones is 1. The summed E-state index contributed by atoms with van der Waals surface area (Å²) < 4.78 is 5.49. The third-order valence-electron chi connectivity index (χ3n) is 3.55. The van der Waals surface area contributed by atoms with Crippen molar-refractivity contribution in [3.8, 4) is 5.75 Å². The number of rotatable bonds is 9. The van der Waals surface area contributed by atoms with Crippen LogP contribution in [0.1, 0.15) is 36.0 Å². The van der Waals surface area contributed by atoms with Gasteiger partial charge in [0.15, 0.2) is 5.78 Å². The first-order valence-electron chi connectivity index (χ1n) is 7.62. The number of carbonyl (C=O) groups excluding carboxylic acids is 1. The fourth-order valence-corrected chi connectivity index (χ4v) is 2.35. The van der Waals surface area contributed by atoms with Gasteiger partial charge in [0.05, 0.1) is 0 Å². The van der Waals surface area contributed by atoms with Crippen LogP contribution < -0.4 is 4.74 Å². The van der Waals surface area contributed by atoms with Crippen molar-refractivity contribution in [2.75, 3.05) is 6.61 Å². The molecule has 0 saturated carbocycles. The van der Waals surface area contributed by atoms with Crippen LogP contribution in [0.4, 0.5) is 0 Å². The lowest BCUT2D eigenvalue weighted by Gasteiger charge is -2.07. The van der Waals surface area contributed by atoms with E-state index in [1.54, 1.807) is 12.1 Å². The summed E-state index contributed by atoms with van der Waals surface area (Å²) >= 11 is 0. The molecule has 0 unspecified atom stereocenters. The number of benzene rings is 2. The van der Waals surface area contributed by atoms with Crippen molar-refractivity contribution in [3.05, 3.63) is 54.6 Å². The number of carboxylic acid groups (broad SMARTS) is 1. The monoisotopic (exact) mass is 312 g/mol. The van der Waals surface area contributed by atoms with Crippen molar-refractivity contribution >= 4 is 22.5 Å². The average Bonchev–Trinajstić information content (AvgIpc) is 2.55. The molecular weight excluding hydrogens is 292 g/mol. The normalized spacial score (nSPS) is 10.4. The Kier molecular flexibility index (Phi) is 5.92. The fourth-order valence-electron chi connectivity index (χ4n) is 2.35. The minimum atomic E-state index is -0.822. The van der Waals surface area contributed by atoms with Crippen LogP contribution in [0.3, 0.4) is 0 Å². The molecule has 0 amide bonds. The van der Waals surface area contributed by atoms with Crippen molar-refractivity contribution in [1.82, 2.24) is 0 Å². The van der Waals surface area contributed by atoms with E-state index in [-0.39, 0.29) is 12.2 Å². The molecule has 0 aromatic heterocycles. The second-order valence-electron chi connectivity index (χ2n) is 5.35. The van der Waals surface area contributed by atoms with Gasteiger partial charge >= 0.3 is 5.97 Å². The van der Waals surface area contributed by atoms with Gasteiger partial charge in [-0.15, -0.1) is 0 Å². The Balaban J connectivity index is 2.03. The van der Waals surface area contributed by atoms with Crippen LogP contribution >= 0.6 is 0 Å². The highest BCUT2D eigenvalue weighted by Crippen LogP contribution is 2.23. The highest BCUT2D eigenvalue weighted by atomic mass is 16.5. The summed E-state index contributed by atoms with van der Waals surface area (Å²) in [6.07, 6.45) is 3.30. The number of hydrogen-bond donors (Lipinski definition) is 1. The lowest BCUT2D eigenvalue weighted by Crippen LogP contribution is -2.00. The van der Waals surface area contributed by atoms with Crippen molar-refractivity contribution in [2.24, 2.45) is 0 Å². The van der Waals surface area contributed by atoms with Gasteiger partial charge in [-0.3, -0.25) is 9.59 Å². The lowest BCUT2D eigenvalue weighted by atomic mass is 10.0. The Hall–Kier alpha value is -2.62. The van der Waals surface area contributed by atoms with Crippen LogP contribution in [0.15, 0.2) is 49.1 Å². The molecule has 0 aliphatic carbocycles. The minimum absolute atomic E-state index is 0.0456. The van der Waals surface area contributed by atoms with Crippen molar-refractivity contribution < 1.29 is 19.4 Å². The number of aliphatic carboxylic acids is 1. The zero-order valence-corrected chi connectivity index (χ0v) is 13.0. The van der Waals surface area contributed by atoms with Gasteiger partial charge in [-0.1, -0.05) is 30.9 Å². The van der Waals surface area contributed by atoms with Gasteiger partial charge in [0, 0.05) is 18.4 Å². The van der Waals surface area contributed by atoms with E-state index < -0.39 is 5.97 Å². The molecular formula is C19H20O4. The number of hydrogen-bond acceptors (Lipinski definition) is 3. The Labute approximate surface area is 135 Å². The van der Waals surface area contributed by atoms with Crippen LogP contribution in [-0.4, -0.2) is 23.5 Å². The molecule has 120 valence electrons. The number of Topliss-reactive ketones (excluding diaryl/α,β-unsaturated/α-hetero) is 1. The maximum absolute atomic E-state index is 12.2. The van der Waals surface area contributed by atoms with Gasteiger partial charge in [-0.25, -0.2) is 0 Å². The predicted molar refractivity (Wildman–Crippen MR) is 90.1 cm³/mol. The lowest BCUT2D eigenvalue weighted by molar-refractivity contribution is -0.137. The maximum Gasteiger partial charge on any atom is 0.303 e. The van der Waals surface area contributed by atoms with Crippen molar-refractivity contribution in [3.63, 3.8) is 0 Å².